The predicted octanol–water partition coefficient (Wildman–Crippen LogP) is 4.62. The summed E-state index contributed by atoms with van der Waals surface area (Å²) in [6.45, 7) is 8.51. The van der Waals surface area contributed by atoms with Crippen molar-refractivity contribution in [1.29, 1.82) is 0 Å². The largest absolute Gasteiger partial charge is 0.440 e. The molecule has 0 spiro atoms. The van der Waals surface area contributed by atoms with Crippen LogP contribution in [0.2, 0.25) is 0 Å². The van der Waals surface area contributed by atoms with Crippen LogP contribution in [0.15, 0.2) is 69.9 Å². The van der Waals surface area contributed by atoms with Crippen LogP contribution in [0.25, 0.3) is 42.3 Å². The molecule has 2 saturated heterocycles. The third-order valence-corrected chi connectivity index (χ3v) is 10.2. The summed E-state index contributed by atoms with van der Waals surface area (Å²) in [6, 6.07) is 19.6. The second kappa shape index (κ2) is 14.5. The van der Waals surface area contributed by atoms with Crippen molar-refractivity contribution in [2.45, 2.75) is 6.42 Å². The van der Waals surface area contributed by atoms with Crippen LogP contribution in [-0.4, -0.2) is 106 Å². The number of piperazine rings is 1. The second-order valence-electron chi connectivity index (χ2n) is 12.0. The molecule has 47 heavy (non-hydrogen) atoms. The fraction of sp³-hybridized carbons (Fsp3) is 0.389. The molecule has 1 amide bonds. The monoisotopic (exact) mass is 656 g/mol. The molecule has 2 aliphatic rings. The van der Waals surface area contributed by atoms with E-state index in [1.54, 1.807) is 17.4 Å². The van der Waals surface area contributed by atoms with Crippen LogP contribution in [0.3, 0.4) is 0 Å². The maximum atomic E-state index is 13.4. The van der Waals surface area contributed by atoms with Gasteiger partial charge in [-0.3, -0.25) is 19.4 Å². The number of nitrogens with one attached hydrogen (secondary N) is 1. The normalized spacial score (nSPS) is 16.4. The molecule has 7 rings (SSSR count). The van der Waals surface area contributed by atoms with Gasteiger partial charge < -0.3 is 29.2 Å². The minimum atomic E-state index is -0.0710. The van der Waals surface area contributed by atoms with Crippen molar-refractivity contribution >= 4 is 60.0 Å². The first-order chi connectivity index (χ1) is 23.1. The van der Waals surface area contributed by atoms with Gasteiger partial charge >= 0.3 is 0 Å². The van der Waals surface area contributed by atoms with Crippen LogP contribution in [0, 0.1) is 0 Å². The summed E-state index contributed by atoms with van der Waals surface area (Å²) in [5.41, 5.74) is 3.08. The lowest BCUT2D eigenvalue weighted by molar-refractivity contribution is -0.117. The van der Waals surface area contributed by atoms with E-state index in [1.807, 2.05) is 42.5 Å². The summed E-state index contributed by atoms with van der Waals surface area (Å²) in [6.07, 6.45) is 0.663. The van der Waals surface area contributed by atoms with Crippen LogP contribution in [0.1, 0.15) is 6.42 Å². The third kappa shape index (κ3) is 6.92. The van der Waals surface area contributed by atoms with E-state index in [0.29, 0.717) is 69.3 Å². The summed E-state index contributed by atoms with van der Waals surface area (Å²) in [7, 11) is 0. The lowest BCUT2D eigenvalue weighted by Gasteiger charge is -2.34. The zero-order valence-electron chi connectivity index (χ0n) is 26.4. The first-order valence-electron chi connectivity index (χ1n) is 16.4. The van der Waals surface area contributed by atoms with Gasteiger partial charge in [0.1, 0.15) is 5.58 Å². The zero-order chi connectivity index (χ0) is 32.2. The van der Waals surface area contributed by atoms with Crippen molar-refractivity contribution in [3.05, 3.63) is 70.9 Å². The van der Waals surface area contributed by atoms with E-state index in [2.05, 4.69) is 32.1 Å². The highest BCUT2D eigenvalue weighted by Crippen LogP contribution is 2.45. The summed E-state index contributed by atoms with van der Waals surface area (Å²) in [4.78, 5) is 33.3. The Hall–Kier alpha value is -3.84. The van der Waals surface area contributed by atoms with Gasteiger partial charge in [-0.05, 0) is 24.6 Å². The van der Waals surface area contributed by atoms with E-state index < -0.39 is 0 Å². The molecule has 2 aliphatic heterocycles. The number of aliphatic hydroxyl groups is 1. The van der Waals surface area contributed by atoms with Gasteiger partial charge in [-0.15, -0.1) is 11.3 Å². The van der Waals surface area contributed by atoms with E-state index in [1.165, 1.54) is 0 Å². The number of carbonyl (C=O) groups is 1. The van der Waals surface area contributed by atoms with Gasteiger partial charge in [0.05, 0.1) is 37.4 Å². The van der Waals surface area contributed by atoms with Crippen molar-refractivity contribution in [2.75, 3.05) is 95.6 Å². The number of fused-ring (bicyclic) bond motifs is 4. The van der Waals surface area contributed by atoms with Crippen molar-refractivity contribution < 1.29 is 23.8 Å². The molecule has 0 unspecified atom stereocenters. The van der Waals surface area contributed by atoms with E-state index in [-0.39, 0.29) is 17.9 Å². The molecule has 0 radical (unpaired) electrons. The van der Waals surface area contributed by atoms with Crippen molar-refractivity contribution in [3.8, 4) is 11.1 Å². The molecular formula is C36H40N4O6S. The number of para-hydroxylation sites is 1. The number of nitrogens with zero attached hydrogens (tertiary/aromatic N) is 3. The van der Waals surface area contributed by atoms with Gasteiger partial charge in [0.25, 0.3) is 0 Å². The number of anilines is 2. The Morgan fingerprint density at radius 3 is 2.51 bits per heavy atom. The summed E-state index contributed by atoms with van der Waals surface area (Å²) in [5.74, 6) is 0.517. The first kappa shape index (κ1) is 31.7. The standard InChI is InChI=1S/C36H40N4O6S/c41-18-4-19-44-20-15-38-11-13-39(14-12-38)24-32(43)37-29-10-9-26(36-34(29)28-5-1-2-8-31(28)47-36)25-6-3-7-27-30(42)23-33(46-35(25)27)40-16-21-45-22-17-40/h1-3,5-10,23,41H,4,11-22,24H2,(H,37,43). The molecule has 2 fully saturated rings. The third-order valence-electron chi connectivity index (χ3n) is 8.99. The van der Waals surface area contributed by atoms with Gasteiger partial charge in [-0.25, -0.2) is 0 Å². The van der Waals surface area contributed by atoms with Crippen LogP contribution in [0.5, 0.6) is 0 Å². The lowest BCUT2D eigenvalue weighted by Crippen LogP contribution is -2.49. The average molecular weight is 657 g/mol. The summed E-state index contributed by atoms with van der Waals surface area (Å²) >= 11 is 1.68. The lowest BCUT2D eigenvalue weighted by atomic mass is 9.99. The SMILES string of the molecule is O=C(CN1CCN(CCOCCCO)CC1)Nc1ccc(-c2cccc3c(=O)cc(N4CCOCC4)oc23)c2sc3ccccc3c12. The average Bonchev–Trinajstić information content (AvgIpc) is 3.50. The number of amides is 1. The number of morpholine rings is 1. The highest BCUT2D eigenvalue weighted by atomic mass is 32.1. The topological polar surface area (TPSA) is 108 Å². The van der Waals surface area contributed by atoms with Crippen LogP contribution >= 0.6 is 11.3 Å². The fourth-order valence-electron chi connectivity index (χ4n) is 6.49. The number of aliphatic hydroxyl groups excluding tert-OH is 1. The number of hydrogen-bond donors (Lipinski definition) is 2. The Morgan fingerprint density at radius 1 is 0.894 bits per heavy atom. The first-order valence-corrected chi connectivity index (χ1v) is 17.2. The number of hydrogen-bond acceptors (Lipinski definition) is 10. The molecule has 0 aliphatic carbocycles. The molecule has 5 aromatic rings. The Morgan fingerprint density at radius 2 is 1.68 bits per heavy atom. The van der Waals surface area contributed by atoms with Crippen molar-refractivity contribution in [2.24, 2.45) is 0 Å². The van der Waals surface area contributed by atoms with E-state index in [9.17, 15) is 9.59 Å². The Labute approximate surface area is 277 Å². The Bertz CT molecular complexity index is 1930. The summed E-state index contributed by atoms with van der Waals surface area (Å²) in [5, 5.41) is 14.7. The van der Waals surface area contributed by atoms with Gasteiger partial charge in [-0.2, -0.15) is 0 Å². The quantitative estimate of drug-likeness (QED) is 0.197. The molecule has 11 heteroatoms. The Balaban J connectivity index is 1.15. The molecule has 2 N–H and O–H groups in total. The minimum Gasteiger partial charge on any atom is -0.440 e. The second-order valence-corrected chi connectivity index (χ2v) is 13.1. The summed E-state index contributed by atoms with van der Waals surface area (Å²) < 4.78 is 19.7. The van der Waals surface area contributed by atoms with Crippen LogP contribution in [-0.2, 0) is 14.3 Å². The minimum absolute atomic E-state index is 0.0403. The molecule has 3 aromatic carbocycles. The molecule has 4 heterocycles. The predicted molar refractivity (Wildman–Crippen MR) is 188 cm³/mol. The van der Waals surface area contributed by atoms with Gasteiger partial charge in [0.15, 0.2) is 11.3 Å². The zero-order valence-corrected chi connectivity index (χ0v) is 27.2. The maximum Gasteiger partial charge on any atom is 0.238 e. The molecule has 2 aromatic heterocycles. The van der Waals surface area contributed by atoms with Crippen molar-refractivity contribution in [1.82, 2.24) is 9.80 Å². The van der Waals surface area contributed by atoms with Crippen LogP contribution in [0.4, 0.5) is 11.6 Å². The molecule has 10 nitrogen and oxygen atoms in total. The van der Waals surface area contributed by atoms with Gasteiger partial charge in [0, 0.05) is 96.4 Å². The smallest absolute Gasteiger partial charge is 0.238 e. The van der Waals surface area contributed by atoms with Crippen LogP contribution < -0.4 is 15.6 Å². The molecule has 246 valence electrons. The highest BCUT2D eigenvalue weighted by molar-refractivity contribution is 7.26. The van der Waals surface area contributed by atoms with E-state index in [0.717, 1.165) is 69.7 Å². The molecule has 0 bridgehead atoms. The Kier molecular flexibility index (Phi) is 9.80. The number of benzene rings is 3. The van der Waals surface area contributed by atoms with E-state index in [4.69, 9.17) is 19.0 Å². The van der Waals surface area contributed by atoms with Gasteiger partial charge in [0.2, 0.25) is 5.91 Å². The number of carbonyl (C=O) groups excluding carboxylic acids is 1. The molecular weight excluding hydrogens is 616 g/mol. The van der Waals surface area contributed by atoms with Gasteiger partial charge in [-0.1, -0.05) is 36.4 Å². The molecule has 0 saturated carbocycles. The maximum absolute atomic E-state index is 13.4. The van der Waals surface area contributed by atoms with Crippen molar-refractivity contribution in [3.63, 3.8) is 0 Å². The molecule has 0 atom stereocenters. The number of ether oxygens (including phenoxy) is 2. The number of thiophene rings is 1. The highest BCUT2D eigenvalue weighted by Gasteiger charge is 2.22. The fourth-order valence-corrected chi connectivity index (χ4v) is 7.74. The number of rotatable bonds is 11. The van der Waals surface area contributed by atoms with E-state index >= 15 is 0 Å².